The molecule has 1 aliphatic carbocycles. The summed E-state index contributed by atoms with van der Waals surface area (Å²) in [5.74, 6) is 0.452. The number of alkyl carbamates (subject to hydrolysis) is 1. The molecule has 2 unspecified atom stereocenters. The Hall–Kier alpha value is -1.71. The van der Waals surface area contributed by atoms with E-state index in [0.29, 0.717) is 18.5 Å². The van der Waals surface area contributed by atoms with Gasteiger partial charge in [-0.1, -0.05) is 25.5 Å². The van der Waals surface area contributed by atoms with Crippen LogP contribution in [0, 0.1) is 5.92 Å². The van der Waals surface area contributed by atoms with E-state index >= 15 is 0 Å². The molecule has 2 rings (SSSR count). The lowest BCUT2D eigenvalue weighted by molar-refractivity contribution is 0.0519. The minimum absolute atomic E-state index is 0.323. The molecular formula is C19H30N2O2. The van der Waals surface area contributed by atoms with Crippen LogP contribution in [0.5, 0.6) is 0 Å². The first-order chi connectivity index (χ1) is 10.9. The van der Waals surface area contributed by atoms with Crippen LogP contribution >= 0.6 is 0 Å². The highest BCUT2D eigenvalue weighted by molar-refractivity contribution is 5.67. The molecule has 0 radical (unpaired) electrons. The largest absolute Gasteiger partial charge is 0.444 e. The van der Waals surface area contributed by atoms with Crippen LogP contribution in [-0.2, 0) is 11.2 Å². The Kier molecular flexibility index (Phi) is 5.91. The average Bonchev–Trinajstić information content (AvgIpc) is 2.91. The molecule has 2 N–H and O–H groups in total. The van der Waals surface area contributed by atoms with Gasteiger partial charge in [-0.3, -0.25) is 0 Å². The van der Waals surface area contributed by atoms with Crippen molar-refractivity contribution in [2.24, 2.45) is 5.92 Å². The van der Waals surface area contributed by atoms with Crippen molar-refractivity contribution in [2.45, 2.75) is 65.0 Å². The molecular weight excluding hydrogens is 288 g/mol. The Bertz CT molecular complexity index is 522. The Morgan fingerprint density at radius 3 is 2.78 bits per heavy atom. The van der Waals surface area contributed by atoms with Crippen molar-refractivity contribution in [3.05, 3.63) is 29.8 Å². The molecule has 0 heterocycles. The average molecular weight is 318 g/mol. The summed E-state index contributed by atoms with van der Waals surface area (Å²) in [6, 6.07) is 9.01. The third-order valence-corrected chi connectivity index (χ3v) is 4.25. The zero-order chi connectivity index (χ0) is 16.9. The number of hydrogen-bond acceptors (Lipinski definition) is 3. The number of ether oxygens (including phenoxy) is 1. The van der Waals surface area contributed by atoms with Crippen molar-refractivity contribution in [1.29, 1.82) is 0 Å². The lowest BCUT2D eigenvalue weighted by atomic mass is 10.0. The zero-order valence-electron chi connectivity index (χ0n) is 14.8. The second-order valence-electron chi connectivity index (χ2n) is 7.38. The third kappa shape index (κ3) is 5.77. The van der Waals surface area contributed by atoms with E-state index in [2.05, 4.69) is 41.8 Å². The van der Waals surface area contributed by atoms with Crippen LogP contribution < -0.4 is 10.6 Å². The van der Waals surface area contributed by atoms with Crippen molar-refractivity contribution in [3.63, 3.8) is 0 Å². The first kappa shape index (κ1) is 17.6. The molecule has 1 saturated carbocycles. The van der Waals surface area contributed by atoms with Crippen molar-refractivity contribution in [1.82, 2.24) is 5.32 Å². The van der Waals surface area contributed by atoms with Gasteiger partial charge in [0.25, 0.3) is 0 Å². The summed E-state index contributed by atoms with van der Waals surface area (Å²) in [6.07, 6.45) is 4.21. The number of nitrogens with one attached hydrogen (secondary N) is 2. The molecule has 23 heavy (non-hydrogen) atoms. The van der Waals surface area contributed by atoms with Gasteiger partial charge in [-0.25, -0.2) is 4.79 Å². The van der Waals surface area contributed by atoms with Crippen molar-refractivity contribution in [3.8, 4) is 0 Å². The van der Waals surface area contributed by atoms with Gasteiger partial charge in [0.2, 0.25) is 0 Å². The van der Waals surface area contributed by atoms with Crippen LogP contribution in [0.4, 0.5) is 10.5 Å². The number of aryl methyl sites for hydroxylation is 1. The topological polar surface area (TPSA) is 50.4 Å². The summed E-state index contributed by atoms with van der Waals surface area (Å²) < 4.78 is 5.31. The van der Waals surface area contributed by atoms with E-state index < -0.39 is 5.60 Å². The second-order valence-corrected chi connectivity index (χ2v) is 7.38. The summed E-state index contributed by atoms with van der Waals surface area (Å²) in [5, 5.41) is 6.56. The predicted octanol–water partition coefficient (Wildman–Crippen LogP) is 4.35. The molecule has 0 saturated heterocycles. The standard InChI is InChI=1S/C19H30N2O2/c1-5-14-8-6-10-16(12-14)21-17-11-7-9-15(17)13-20-18(22)23-19(2,3)4/h6,8,10,12,15,17,21H,5,7,9,11,13H2,1-4H3,(H,20,22). The molecule has 4 nitrogen and oxygen atoms in total. The van der Waals surface area contributed by atoms with E-state index in [1.807, 2.05) is 20.8 Å². The highest BCUT2D eigenvalue weighted by atomic mass is 16.6. The number of carbonyl (C=O) groups excluding carboxylic acids is 1. The van der Waals surface area contributed by atoms with Crippen LogP contribution in [0.2, 0.25) is 0 Å². The van der Waals surface area contributed by atoms with E-state index in [9.17, 15) is 4.79 Å². The molecule has 2 atom stereocenters. The number of anilines is 1. The molecule has 0 bridgehead atoms. The van der Waals surface area contributed by atoms with Gasteiger partial charge in [-0.15, -0.1) is 0 Å². The molecule has 0 aliphatic heterocycles. The second kappa shape index (κ2) is 7.71. The number of carbonyl (C=O) groups is 1. The third-order valence-electron chi connectivity index (χ3n) is 4.25. The maximum Gasteiger partial charge on any atom is 0.407 e. The van der Waals surface area contributed by atoms with Crippen LogP contribution in [0.25, 0.3) is 0 Å². The number of rotatable bonds is 5. The van der Waals surface area contributed by atoms with E-state index in [0.717, 1.165) is 19.3 Å². The van der Waals surface area contributed by atoms with Crippen molar-refractivity contribution in [2.75, 3.05) is 11.9 Å². The molecule has 0 aromatic heterocycles. The van der Waals surface area contributed by atoms with Gasteiger partial charge >= 0.3 is 6.09 Å². The quantitative estimate of drug-likeness (QED) is 0.848. The van der Waals surface area contributed by atoms with Crippen LogP contribution in [-0.4, -0.2) is 24.3 Å². The van der Waals surface area contributed by atoms with Gasteiger partial charge in [-0.2, -0.15) is 0 Å². The molecule has 1 aromatic rings. The fraction of sp³-hybridized carbons (Fsp3) is 0.632. The first-order valence-electron chi connectivity index (χ1n) is 8.69. The van der Waals surface area contributed by atoms with Gasteiger partial charge in [0.1, 0.15) is 5.60 Å². The van der Waals surface area contributed by atoms with Gasteiger partial charge in [0.05, 0.1) is 0 Å². The maximum absolute atomic E-state index is 11.8. The van der Waals surface area contributed by atoms with Gasteiger partial charge in [-0.05, 0) is 63.6 Å². The molecule has 1 amide bonds. The van der Waals surface area contributed by atoms with E-state index in [4.69, 9.17) is 4.74 Å². The molecule has 1 fully saturated rings. The van der Waals surface area contributed by atoms with Gasteiger partial charge in [0.15, 0.2) is 0 Å². The lowest BCUT2D eigenvalue weighted by Crippen LogP contribution is -2.38. The van der Waals surface area contributed by atoms with Crippen molar-refractivity contribution < 1.29 is 9.53 Å². The first-order valence-corrected chi connectivity index (χ1v) is 8.69. The molecule has 128 valence electrons. The van der Waals surface area contributed by atoms with Crippen LogP contribution in [0.1, 0.15) is 52.5 Å². The number of benzene rings is 1. The molecule has 0 spiro atoms. The minimum atomic E-state index is -0.446. The lowest BCUT2D eigenvalue weighted by Gasteiger charge is -2.24. The van der Waals surface area contributed by atoms with Gasteiger partial charge in [0, 0.05) is 18.3 Å². The fourth-order valence-electron chi connectivity index (χ4n) is 3.09. The summed E-state index contributed by atoms with van der Waals surface area (Å²) in [4.78, 5) is 11.8. The summed E-state index contributed by atoms with van der Waals surface area (Å²) in [6.45, 7) is 8.48. The maximum atomic E-state index is 11.8. The highest BCUT2D eigenvalue weighted by Gasteiger charge is 2.28. The summed E-state index contributed by atoms with van der Waals surface area (Å²) in [5.41, 5.74) is 2.08. The Balaban J connectivity index is 1.86. The Labute approximate surface area is 140 Å². The normalized spacial score (nSPS) is 21.0. The van der Waals surface area contributed by atoms with Crippen molar-refractivity contribution >= 4 is 11.8 Å². The van der Waals surface area contributed by atoms with Crippen LogP contribution in [0.15, 0.2) is 24.3 Å². The minimum Gasteiger partial charge on any atom is -0.444 e. The highest BCUT2D eigenvalue weighted by Crippen LogP contribution is 2.28. The predicted molar refractivity (Wildman–Crippen MR) is 94.8 cm³/mol. The van der Waals surface area contributed by atoms with Crippen LogP contribution in [0.3, 0.4) is 0 Å². The zero-order valence-corrected chi connectivity index (χ0v) is 14.8. The fourth-order valence-corrected chi connectivity index (χ4v) is 3.09. The van der Waals surface area contributed by atoms with E-state index in [1.165, 1.54) is 17.7 Å². The van der Waals surface area contributed by atoms with E-state index in [1.54, 1.807) is 0 Å². The molecule has 4 heteroatoms. The Morgan fingerprint density at radius 2 is 2.09 bits per heavy atom. The summed E-state index contributed by atoms with van der Waals surface area (Å²) >= 11 is 0. The molecule has 1 aromatic carbocycles. The SMILES string of the molecule is CCc1cccc(NC2CCCC2CNC(=O)OC(C)(C)C)c1. The Morgan fingerprint density at radius 1 is 1.30 bits per heavy atom. The monoisotopic (exact) mass is 318 g/mol. The number of amides is 1. The van der Waals surface area contributed by atoms with Gasteiger partial charge < -0.3 is 15.4 Å². The van der Waals surface area contributed by atoms with E-state index in [-0.39, 0.29) is 6.09 Å². The summed E-state index contributed by atoms with van der Waals surface area (Å²) in [7, 11) is 0. The smallest absolute Gasteiger partial charge is 0.407 e. The number of hydrogen-bond donors (Lipinski definition) is 2. The molecule has 1 aliphatic rings.